The number of para-hydroxylation sites is 1. The molecule has 0 radical (unpaired) electrons. The number of hydrogen-bond acceptors (Lipinski definition) is 5. The van der Waals surface area contributed by atoms with E-state index in [-0.39, 0.29) is 29.0 Å². The zero-order chi connectivity index (χ0) is 16.4. The maximum atomic E-state index is 12.0. The third-order valence-corrected chi connectivity index (χ3v) is 2.99. The summed E-state index contributed by atoms with van der Waals surface area (Å²) in [5.74, 6) is -0.611. The number of benzene rings is 1. The number of aromatic amines is 2. The van der Waals surface area contributed by atoms with Gasteiger partial charge in [0.25, 0.3) is 17.2 Å². The van der Waals surface area contributed by atoms with Gasteiger partial charge in [0.2, 0.25) is 0 Å². The van der Waals surface area contributed by atoms with Gasteiger partial charge in [-0.15, -0.1) is 5.11 Å². The van der Waals surface area contributed by atoms with Crippen LogP contribution in [0.2, 0.25) is 0 Å². The van der Waals surface area contributed by atoms with E-state index in [1.165, 1.54) is 0 Å². The van der Waals surface area contributed by atoms with Crippen LogP contribution in [-0.4, -0.2) is 20.1 Å². The highest BCUT2D eigenvalue weighted by molar-refractivity contribution is 5.88. The second kappa shape index (κ2) is 5.42. The summed E-state index contributed by atoms with van der Waals surface area (Å²) in [5, 5.41) is 17.9. The molecule has 9 heteroatoms. The van der Waals surface area contributed by atoms with Crippen LogP contribution in [0.4, 0.5) is 23.3 Å². The Hall–Kier alpha value is -3.98. The van der Waals surface area contributed by atoms with E-state index in [1.807, 2.05) is 0 Å². The van der Waals surface area contributed by atoms with Crippen molar-refractivity contribution in [1.82, 2.24) is 15.0 Å². The van der Waals surface area contributed by atoms with Gasteiger partial charge in [0.1, 0.15) is 0 Å². The van der Waals surface area contributed by atoms with Gasteiger partial charge in [0.15, 0.2) is 11.4 Å². The molecule has 0 spiro atoms. The van der Waals surface area contributed by atoms with Crippen molar-refractivity contribution in [2.75, 3.05) is 0 Å². The van der Waals surface area contributed by atoms with Gasteiger partial charge < -0.3 is 19.8 Å². The van der Waals surface area contributed by atoms with E-state index in [9.17, 15) is 9.90 Å². The van der Waals surface area contributed by atoms with Crippen LogP contribution in [0.5, 0.6) is 5.75 Å². The topological polar surface area (TPSA) is 115 Å². The Morgan fingerprint density at radius 2 is 1.91 bits per heavy atom. The van der Waals surface area contributed by atoms with Crippen molar-refractivity contribution in [2.45, 2.75) is 0 Å². The Labute approximate surface area is 128 Å². The molecule has 2 aromatic heterocycles. The molecule has 0 atom stereocenters. The summed E-state index contributed by atoms with van der Waals surface area (Å²) in [5.41, 5.74) is -0.432. The molecule has 0 bridgehead atoms. The maximum absolute atomic E-state index is 12.0. The standard InChI is InChI=1S/C14H7N7O2/c1-15-11-12(16-2)19-14(18-11)21-20-9-10(22)7-5-3-4-6-8(7)17-13(9)23/h3-6H,(H,18,19)(H2,17,22,23). The van der Waals surface area contributed by atoms with Crippen molar-refractivity contribution < 1.29 is 5.11 Å². The lowest BCUT2D eigenvalue weighted by Crippen LogP contribution is -2.04. The molecule has 0 amide bonds. The molecule has 3 N–H and O–H groups in total. The van der Waals surface area contributed by atoms with Gasteiger partial charge >= 0.3 is 5.95 Å². The molecule has 23 heavy (non-hydrogen) atoms. The minimum absolute atomic E-state index is 0.0643. The molecule has 0 saturated carbocycles. The van der Waals surface area contributed by atoms with E-state index in [4.69, 9.17) is 13.1 Å². The second-order valence-corrected chi connectivity index (χ2v) is 4.35. The summed E-state index contributed by atoms with van der Waals surface area (Å²) in [6.45, 7) is 13.8. The number of pyridine rings is 1. The number of aromatic hydroxyl groups is 1. The van der Waals surface area contributed by atoms with Gasteiger partial charge in [-0.3, -0.25) is 9.78 Å². The molecule has 1 aromatic carbocycles. The minimum atomic E-state index is -0.618. The third kappa shape index (κ3) is 2.39. The molecule has 0 aliphatic heterocycles. The highest BCUT2D eigenvalue weighted by atomic mass is 16.3. The van der Waals surface area contributed by atoms with Crippen molar-refractivity contribution >= 4 is 34.2 Å². The third-order valence-electron chi connectivity index (χ3n) is 2.99. The van der Waals surface area contributed by atoms with Crippen LogP contribution in [0.3, 0.4) is 0 Å². The summed E-state index contributed by atoms with van der Waals surface area (Å²) in [4.78, 5) is 27.0. The fourth-order valence-electron chi connectivity index (χ4n) is 1.95. The lowest BCUT2D eigenvalue weighted by Gasteiger charge is -2.01. The van der Waals surface area contributed by atoms with Crippen LogP contribution in [0.1, 0.15) is 0 Å². The number of fused-ring (bicyclic) bond motifs is 1. The minimum Gasteiger partial charge on any atom is -0.505 e. The number of aromatic nitrogens is 3. The number of nitrogens with zero attached hydrogens (tertiary/aromatic N) is 5. The number of azo groups is 1. The predicted molar refractivity (Wildman–Crippen MR) is 81.5 cm³/mol. The normalized spacial score (nSPS) is 10.7. The summed E-state index contributed by atoms with van der Waals surface area (Å²) in [6.07, 6.45) is 0. The summed E-state index contributed by atoms with van der Waals surface area (Å²) < 4.78 is 0. The van der Waals surface area contributed by atoms with Gasteiger partial charge in [0.05, 0.1) is 5.52 Å². The highest BCUT2D eigenvalue weighted by Gasteiger charge is 2.15. The van der Waals surface area contributed by atoms with Crippen LogP contribution < -0.4 is 5.56 Å². The SMILES string of the molecule is [C-]#[N+]c1nc(N=Nc2c(O)c3ccccc3[nH]c2=O)[nH]c1[N+]#[C-]. The number of H-pyrrole nitrogens is 2. The first-order valence-electron chi connectivity index (χ1n) is 6.24. The Kier molecular flexibility index (Phi) is 3.30. The number of imidazole rings is 1. The Morgan fingerprint density at radius 1 is 1.13 bits per heavy atom. The maximum Gasteiger partial charge on any atom is 0.414 e. The van der Waals surface area contributed by atoms with E-state index in [0.29, 0.717) is 10.9 Å². The van der Waals surface area contributed by atoms with Crippen LogP contribution in [0.25, 0.3) is 20.6 Å². The predicted octanol–water partition coefficient (Wildman–Crippen LogP) is 3.47. The lowest BCUT2D eigenvalue weighted by atomic mass is 10.2. The van der Waals surface area contributed by atoms with Crippen molar-refractivity contribution in [3.05, 3.63) is 57.5 Å². The lowest BCUT2D eigenvalue weighted by molar-refractivity contribution is 0.481. The zero-order valence-electron chi connectivity index (χ0n) is 11.4. The zero-order valence-corrected chi connectivity index (χ0v) is 11.4. The molecule has 0 aliphatic carbocycles. The van der Waals surface area contributed by atoms with Gasteiger partial charge in [0, 0.05) is 5.39 Å². The van der Waals surface area contributed by atoms with Gasteiger partial charge in [-0.1, -0.05) is 35.4 Å². The monoisotopic (exact) mass is 305 g/mol. The fraction of sp³-hybridized carbons (Fsp3) is 0. The van der Waals surface area contributed by atoms with Crippen molar-refractivity contribution in [3.63, 3.8) is 0 Å². The average molecular weight is 305 g/mol. The average Bonchev–Trinajstić information content (AvgIpc) is 2.97. The first-order valence-corrected chi connectivity index (χ1v) is 6.24. The number of nitrogens with one attached hydrogen (secondary N) is 2. The molecule has 0 fully saturated rings. The fourth-order valence-corrected chi connectivity index (χ4v) is 1.95. The molecule has 0 saturated heterocycles. The van der Waals surface area contributed by atoms with Crippen LogP contribution in [0, 0.1) is 13.1 Å². The smallest absolute Gasteiger partial charge is 0.414 e. The van der Waals surface area contributed by atoms with Crippen LogP contribution >= 0.6 is 0 Å². The van der Waals surface area contributed by atoms with Gasteiger partial charge in [-0.2, -0.15) is 0 Å². The van der Waals surface area contributed by atoms with Crippen LogP contribution in [0.15, 0.2) is 39.3 Å². The van der Waals surface area contributed by atoms with E-state index in [0.717, 1.165) is 0 Å². The van der Waals surface area contributed by atoms with Crippen molar-refractivity contribution in [3.8, 4) is 5.75 Å². The summed E-state index contributed by atoms with van der Waals surface area (Å²) in [7, 11) is 0. The summed E-state index contributed by atoms with van der Waals surface area (Å²) >= 11 is 0. The number of hydrogen-bond donors (Lipinski definition) is 3. The molecular formula is C14H7N7O2. The quantitative estimate of drug-likeness (QED) is 0.497. The molecule has 9 nitrogen and oxygen atoms in total. The van der Waals surface area contributed by atoms with Crippen LogP contribution in [-0.2, 0) is 0 Å². The van der Waals surface area contributed by atoms with E-state index in [1.54, 1.807) is 24.3 Å². The summed E-state index contributed by atoms with van der Waals surface area (Å²) in [6, 6.07) is 6.70. The Morgan fingerprint density at radius 3 is 2.61 bits per heavy atom. The van der Waals surface area contributed by atoms with Crippen molar-refractivity contribution in [1.29, 1.82) is 0 Å². The highest BCUT2D eigenvalue weighted by Crippen LogP contribution is 2.32. The van der Waals surface area contributed by atoms with Gasteiger partial charge in [-0.25, -0.2) is 0 Å². The van der Waals surface area contributed by atoms with E-state index >= 15 is 0 Å². The molecule has 2 heterocycles. The van der Waals surface area contributed by atoms with Crippen molar-refractivity contribution in [2.24, 2.45) is 10.2 Å². The first kappa shape index (κ1) is 14.0. The Bertz CT molecular complexity index is 1050. The molecule has 110 valence electrons. The van der Waals surface area contributed by atoms with E-state index < -0.39 is 5.56 Å². The molecule has 0 aliphatic rings. The molecular weight excluding hydrogens is 298 g/mol. The molecule has 3 aromatic rings. The second-order valence-electron chi connectivity index (χ2n) is 4.35. The molecule has 0 unspecified atom stereocenters. The first-order chi connectivity index (χ1) is 11.1. The van der Waals surface area contributed by atoms with E-state index in [2.05, 4.69) is 34.9 Å². The Balaban J connectivity index is 2.09. The number of rotatable bonds is 2. The van der Waals surface area contributed by atoms with Gasteiger partial charge in [-0.05, 0) is 12.1 Å². The largest absolute Gasteiger partial charge is 0.505 e. The molecule has 3 rings (SSSR count).